The van der Waals surface area contributed by atoms with E-state index in [1.165, 1.54) is 92.7 Å². The lowest BCUT2D eigenvalue weighted by atomic mass is 9.84. The zero-order valence-corrected chi connectivity index (χ0v) is 34.8. The van der Waals surface area contributed by atoms with Crippen LogP contribution in [0.5, 0.6) is 0 Å². The number of hydrogen-bond donors (Lipinski definition) is 2. The number of aromatic nitrogens is 1. The Kier molecular flexibility index (Phi) is 9.38. The van der Waals surface area contributed by atoms with Crippen LogP contribution in [0, 0.1) is 11.8 Å². The highest BCUT2D eigenvalue weighted by Crippen LogP contribution is 2.49. The molecular weight excluding hydrogens is 749 g/mol. The number of fused-ring (bicyclic) bond motifs is 5. The third kappa shape index (κ3) is 6.42. The molecule has 0 saturated heterocycles. The van der Waals surface area contributed by atoms with Gasteiger partial charge >= 0.3 is 0 Å². The van der Waals surface area contributed by atoms with Gasteiger partial charge in [0.1, 0.15) is 11.7 Å². The topological polar surface area (TPSA) is 50.5 Å². The zero-order chi connectivity index (χ0) is 40.2. The molecule has 0 bridgehead atoms. The van der Waals surface area contributed by atoms with Crippen LogP contribution in [0.3, 0.4) is 0 Å². The summed E-state index contributed by atoms with van der Waals surface area (Å²) in [5.41, 5.74) is 15.3. The van der Waals surface area contributed by atoms with Gasteiger partial charge in [-0.1, -0.05) is 135 Å². The molecule has 3 aliphatic rings. The maximum atomic E-state index is 4.58. The molecule has 11 rings (SSSR count). The molecule has 5 heterocycles. The summed E-state index contributed by atoms with van der Waals surface area (Å²) in [5, 5.41) is 8.65. The van der Waals surface area contributed by atoms with Crippen LogP contribution in [0.2, 0.25) is 0 Å². The quantitative estimate of drug-likeness (QED) is 0.161. The standard InChI is InChI=1S/C55H46N4S/c1-35-33-56-29-27-44(35)38-19-17-37(18-20-38)42-31-48(58-49(32-42)45-28-30-57-34-36(45)2)39-21-23-43(24-22-39)59-50-16-10-9-15-46(50)53-51(59)26-25-47-52(40-11-5-3-6-12-40)54(60-55(47)53)41-13-7-4-8-14-41/h3-32,35-36,44,48,56,58H,33-34H2,1-2H3/p+2. The molecule has 4 atom stereocenters. The molecule has 60 heavy (non-hydrogen) atoms. The van der Waals surface area contributed by atoms with Gasteiger partial charge in [0.05, 0.1) is 23.8 Å². The number of allylic oxidation sites excluding steroid dienone is 5. The van der Waals surface area contributed by atoms with E-state index in [-0.39, 0.29) is 6.04 Å². The molecule has 4 unspecified atom stereocenters. The average Bonchev–Trinajstić information content (AvgIpc) is 3.86. The van der Waals surface area contributed by atoms with Gasteiger partial charge in [0, 0.05) is 84.7 Å². The first-order valence-corrected chi connectivity index (χ1v) is 22.2. The Morgan fingerprint density at radius 1 is 0.683 bits per heavy atom. The molecule has 3 aliphatic heterocycles. The number of aliphatic imine (C=N–C) groups is 1. The number of dihydropyridines is 1. The van der Waals surface area contributed by atoms with Crippen LogP contribution < -0.4 is 10.6 Å². The number of hydrogen-bond acceptors (Lipinski definition) is 2. The first kappa shape index (κ1) is 36.7. The number of para-hydroxylation sites is 1. The first-order valence-electron chi connectivity index (χ1n) is 21.4. The van der Waals surface area contributed by atoms with Crippen molar-refractivity contribution in [2.24, 2.45) is 16.8 Å². The average molecular weight is 797 g/mol. The van der Waals surface area contributed by atoms with Gasteiger partial charge < -0.3 is 15.2 Å². The Morgan fingerprint density at radius 3 is 2.18 bits per heavy atom. The van der Waals surface area contributed by atoms with Crippen LogP contribution in [-0.2, 0) is 0 Å². The van der Waals surface area contributed by atoms with Crippen molar-refractivity contribution in [2.75, 3.05) is 13.1 Å². The minimum absolute atomic E-state index is 0.134. The Bertz CT molecular complexity index is 3050. The van der Waals surface area contributed by atoms with Crippen LogP contribution in [0.25, 0.3) is 64.7 Å². The third-order valence-electron chi connectivity index (χ3n) is 13.0. The maximum Gasteiger partial charge on any atom is 0.136 e. The van der Waals surface area contributed by atoms with Gasteiger partial charge in [0.2, 0.25) is 0 Å². The van der Waals surface area contributed by atoms with Crippen molar-refractivity contribution in [2.45, 2.75) is 25.8 Å². The van der Waals surface area contributed by atoms with E-state index in [0.29, 0.717) is 17.8 Å². The fraction of sp³-hybridized carbons (Fsp3) is 0.145. The molecule has 0 amide bonds. The SMILES string of the molecule is CC1CN=CC=C1C1=CC(c2ccc(C3C=C[NH2+]CC3C)cc2)=CC(c2ccc(-n3c4ccccc4c4c5sc(-c6ccccc6)c(-c6ccccc6)c5ccc43)cc2)[NH2+]1. The summed E-state index contributed by atoms with van der Waals surface area (Å²) in [6.45, 7) is 6.61. The lowest BCUT2D eigenvalue weighted by molar-refractivity contribution is -0.637. The van der Waals surface area contributed by atoms with Gasteiger partial charge in [-0.05, 0) is 70.3 Å². The number of rotatable bonds is 7. The normalized spacial score (nSPS) is 20.4. The summed E-state index contributed by atoms with van der Waals surface area (Å²) >= 11 is 1.92. The minimum Gasteiger partial charge on any atom is -0.320 e. The van der Waals surface area contributed by atoms with Crippen molar-refractivity contribution in [1.29, 1.82) is 0 Å². The van der Waals surface area contributed by atoms with E-state index in [1.54, 1.807) is 0 Å². The predicted molar refractivity (Wildman–Crippen MR) is 253 cm³/mol. The molecule has 0 aliphatic carbocycles. The van der Waals surface area contributed by atoms with Gasteiger partial charge in [-0.25, -0.2) is 0 Å². The largest absolute Gasteiger partial charge is 0.320 e. The van der Waals surface area contributed by atoms with Gasteiger partial charge in [-0.3, -0.25) is 4.99 Å². The smallest absolute Gasteiger partial charge is 0.136 e. The molecule has 4 N–H and O–H groups in total. The summed E-state index contributed by atoms with van der Waals surface area (Å²) in [5.74, 6) is 1.45. The Labute approximate surface area is 355 Å². The lowest BCUT2D eigenvalue weighted by Crippen LogP contribution is -2.84. The first-order chi connectivity index (χ1) is 29.6. The van der Waals surface area contributed by atoms with Crippen molar-refractivity contribution in [1.82, 2.24) is 4.57 Å². The molecule has 0 saturated carbocycles. The van der Waals surface area contributed by atoms with E-state index in [1.807, 2.05) is 17.6 Å². The van der Waals surface area contributed by atoms with Gasteiger partial charge in [-0.15, -0.1) is 11.3 Å². The second kappa shape index (κ2) is 15.3. The van der Waals surface area contributed by atoms with Crippen LogP contribution in [0.15, 0.2) is 192 Å². The summed E-state index contributed by atoms with van der Waals surface area (Å²) in [7, 11) is 0. The van der Waals surface area contributed by atoms with Crippen molar-refractivity contribution >= 4 is 55.0 Å². The minimum atomic E-state index is 0.134. The summed E-state index contributed by atoms with van der Waals surface area (Å²) in [4.78, 5) is 5.89. The van der Waals surface area contributed by atoms with Crippen molar-refractivity contribution in [3.05, 3.63) is 204 Å². The lowest BCUT2D eigenvalue weighted by Gasteiger charge is -2.26. The second-order valence-electron chi connectivity index (χ2n) is 16.8. The number of benzene rings is 6. The highest BCUT2D eigenvalue weighted by atomic mass is 32.1. The van der Waals surface area contributed by atoms with E-state index in [2.05, 4.69) is 210 Å². The van der Waals surface area contributed by atoms with Crippen molar-refractivity contribution in [3.8, 4) is 27.3 Å². The van der Waals surface area contributed by atoms with E-state index >= 15 is 0 Å². The molecule has 0 spiro atoms. The molecular formula is C55H48N4S+2. The van der Waals surface area contributed by atoms with E-state index < -0.39 is 0 Å². The Balaban J connectivity index is 1.00. The van der Waals surface area contributed by atoms with Crippen LogP contribution in [0.4, 0.5) is 0 Å². The molecule has 5 heteroatoms. The van der Waals surface area contributed by atoms with E-state index in [9.17, 15) is 0 Å². The fourth-order valence-electron chi connectivity index (χ4n) is 9.83. The molecule has 292 valence electrons. The van der Waals surface area contributed by atoms with Gasteiger partial charge in [0.25, 0.3) is 0 Å². The Hall–Kier alpha value is -6.37. The molecule has 8 aromatic rings. The number of nitrogens with zero attached hydrogens (tertiary/aromatic N) is 2. The number of quaternary nitrogens is 2. The molecule has 2 aromatic heterocycles. The van der Waals surface area contributed by atoms with E-state index in [4.69, 9.17) is 0 Å². The predicted octanol–water partition coefficient (Wildman–Crippen LogP) is 11.4. The molecule has 6 aromatic carbocycles. The molecule has 0 radical (unpaired) electrons. The second-order valence-corrected chi connectivity index (χ2v) is 17.8. The molecule has 4 nitrogen and oxygen atoms in total. The van der Waals surface area contributed by atoms with Gasteiger partial charge in [0.15, 0.2) is 0 Å². The summed E-state index contributed by atoms with van der Waals surface area (Å²) < 4.78 is 3.79. The van der Waals surface area contributed by atoms with Crippen LogP contribution in [0.1, 0.15) is 42.5 Å². The third-order valence-corrected chi connectivity index (χ3v) is 14.2. The van der Waals surface area contributed by atoms with Crippen molar-refractivity contribution in [3.63, 3.8) is 0 Å². The fourth-order valence-corrected chi connectivity index (χ4v) is 11.2. The maximum absolute atomic E-state index is 4.58. The van der Waals surface area contributed by atoms with Crippen molar-refractivity contribution < 1.29 is 10.6 Å². The van der Waals surface area contributed by atoms with Crippen LogP contribution >= 0.6 is 11.3 Å². The Morgan fingerprint density at radius 2 is 1.42 bits per heavy atom. The highest BCUT2D eigenvalue weighted by Gasteiger charge is 2.28. The number of thiophene rings is 1. The van der Waals surface area contributed by atoms with E-state index in [0.717, 1.165) is 13.1 Å². The zero-order valence-electron chi connectivity index (χ0n) is 34.0. The summed E-state index contributed by atoms with van der Waals surface area (Å²) in [6, 6.07) is 54.2. The summed E-state index contributed by atoms with van der Waals surface area (Å²) in [6.07, 6.45) is 13.6. The number of nitrogens with two attached hydrogens (primary N) is 2. The highest BCUT2D eigenvalue weighted by molar-refractivity contribution is 7.24. The van der Waals surface area contributed by atoms with Gasteiger partial charge in [-0.2, -0.15) is 0 Å². The molecule has 0 fully saturated rings. The monoisotopic (exact) mass is 796 g/mol. The van der Waals surface area contributed by atoms with Crippen LogP contribution in [-0.4, -0.2) is 23.9 Å².